The SMILES string of the molecule is CN(C)C(=O)c1cc2cnc(Nc3ccc(C(=O)N4CC5CCC(C4)N5)cn3)nc2n1-c1ccc(C(C)(C)C#N)cc1.CN(C)C(=O)c1cc2cnc(Nc3ccc(C(=O)N4CC5CCC(C4)N5C(=O)OC(C)(C)C)cn3)nc2n1-c1ccc(C(C)(C)C#N)cc1. The molecule has 10 heterocycles. The predicted molar refractivity (Wildman–Crippen MR) is 343 cm³/mol. The van der Waals surface area contributed by atoms with Gasteiger partial charge in [0.1, 0.15) is 28.6 Å². The number of nitrogens with zero attached hydrogens (tertiary/aromatic N) is 15. The number of benzene rings is 2. The fourth-order valence-corrected chi connectivity index (χ4v) is 12.0. The highest BCUT2D eigenvalue weighted by Crippen LogP contribution is 2.34. The van der Waals surface area contributed by atoms with Gasteiger partial charge in [-0.15, -0.1) is 0 Å². The van der Waals surface area contributed by atoms with E-state index in [1.165, 1.54) is 16.0 Å². The number of nitrogens with one attached hydrogen (secondary N) is 3. The number of likely N-dealkylation sites (tertiary alicyclic amines) is 2. The van der Waals surface area contributed by atoms with Crippen molar-refractivity contribution < 1.29 is 28.7 Å². The minimum Gasteiger partial charge on any atom is -0.444 e. The third-order valence-electron chi connectivity index (χ3n) is 17.0. The maximum absolute atomic E-state index is 13.5. The van der Waals surface area contributed by atoms with Crippen molar-refractivity contribution in [2.24, 2.45) is 0 Å². The van der Waals surface area contributed by atoms with Crippen LogP contribution in [0.4, 0.5) is 28.3 Å². The van der Waals surface area contributed by atoms with Gasteiger partial charge in [-0.1, -0.05) is 24.3 Å². The van der Waals surface area contributed by atoms with Crippen LogP contribution in [0.15, 0.2) is 110 Å². The number of carbonyl (C=O) groups excluding carboxylic acids is 5. The molecular weight excluding hydrogens is 1150 g/mol. The fourth-order valence-electron chi connectivity index (χ4n) is 12.0. The molecule has 24 heteroatoms. The van der Waals surface area contributed by atoms with E-state index in [0.29, 0.717) is 93.0 Å². The summed E-state index contributed by atoms with van der Waals surface area (Å²) >= 11 is 0. The van der Waals surface area contributed by atoms with Crippen LogP contribution in [0.5, 0.6) is 0 Å². The van der Waals surface area contributed by atoms with E-state index in [9.17, 15) is 34.5 Å². The molecule has 4 atom stereocenters. The molecule has 468 valence electrons. The zero-order valence-electron chi connectivity index (χ0n) is 53.0. The molecule has 2 aromatic carbocycles. The van der Waals surface area contributed by atoms with Crippen LogP contribution >= 0.6 is 0 Å². The van der Waals surface area contributed by atoms with E-state index in [1.54, 1.807) is 102 Å². The van der Waals surface area contributed by atoms with Crippen molar-refractivity contribution in [3.05, 3.63) is 143 Å². The number of ether oxygens (including phenoxy) is 1. The number of aromatic nitrogens is 8. The second-order valence-corrected chi connectivity index (χ2v) is 26.1. The summed E-state index contributed by atoms with van der Waals surface area (Å²) in [5, 5.41) is 30.3. The van der Waals surface area contributed by atoms with E-state index in [4.69, 9.17) is 14.7 Å². The van der Waals surface area contributed by atoms with Crippen molar-refractivity contribution in [2.45, 2.75) is 115 Å². The summed E-state index contributed by atoms with van der Waals surface area (Å²) in [6.45, 7) is 15.3. The van der Waals surface area contributed by atoms with Crippen LogP contribution in [0.3, 0.4) is 0 Å². The zero-order chi connectivity index (χ0) is 64.8. The lowest BCUT2D eigenvalue weighted by molar-refractivity contribution is -0.00338. The number of carbonyl (C=O) groups is 5. The molecule has 0 saturated carbocycles. The first-order chi connectivity index (χ1) is 43.3. The first-order valence-electron chi connectivity index (χ1n) is 30.3. The molecule has 4 saturated heterocycles. The van der Waals surface area contributed by atoms with E-state index in [1.807, 2.05) is 102 Å². The summed E-state index contributed by atoms with van der Waals surface area (Å²) in [6.07, 6.45) is 9.96. The van der Waals surface area contributed by atoms with Crippen LogP contribution in [0, 0.1) is 22.7 Å². The first kappa shape index (κ1) is 62.3. The number of fused-ring (bicyclic) bond motifs is 6. The Labute approximate surface area is 527 Å². The number of hydrogen-bond acceptors (Lipinski definition) is 17. The van der Waals surface area contributed by atoms with Gasteiger partial charge in [0, 0.05) is 113 Å². The van der Waals surface area contributed by atoms with Gasteiger partial charge >= 0.3 is 6.09 Å². The Morgan fingerprint density at radius 2 is 0.956 bits per heavy atom. The molecule has 4 bridgehead atoms. The van der Waals surface area contributed by atoms with Crippen molar-refractivity contribution in [3.8, 4) is 23.5 Å². The number of piperazine rings is 2. The van der Waals surface area contributed by atoms with Gasteiger partial charge in [-0.3, -0.25) is 33.2 Å². The Balaban J connectivity index is 0.000000189. The molecule has 5 amide bonds. The van der Waals surface area contributed by atoms with E-state index in [-0.39, 0.29) is 47.8 Å². The van der Waals surface area contributed by atoms with Crippen LogP contribution < -0.4 is 16.0 Å². The minimum absolute atomic E-state index is 0.00906. The third kappa shape index (κ3) is 12.9. The van der Waals surface area contributed by atoms with E-state index in [2.05, 4.69) is 48.0 Å². The van der Waals surface area contributed by atoms with Crippen LogP contribution in [0.25, 0.3) is 33.4 Å². The topological polar surface area (TPSA) is 282 Å². The van der Waals surface area contributed by atoms with Gasteiger partial charge in [-0.05, 0) is 146 Å². The summed E-state index contributed by atoms with van der Waals surface area (Å²) in [4.78, 5) is 102. The van der Waals surface area contributed by atoms with Crippen molar-refractivity contribution in [2.75, 3.05) is 65.0 Å². The molecule has 0 radical (unpaired) electrons. The Morgan fingerprint density at radius 1 is 0.549 bits per heavy atom. The smallest absolute Gasteiger partial charge is 0.410 e. The Morgan fingerprint density at radius 3 is 1.32 bits per heavy atom. The zero-order valence-corrected chi connectivity index (χ0v) is 53.0. The average molecular weight is 1230 g/mol. The highest BCUT2D eigenvalue weighted by Gasteiger charge is 2.46. The highest BCUT2D eigenvalue weighted by molar-refractivity contribution is 6.00. The highest BCUT2D eigenvalue weighted by atomic mass is 16.6. The summed E-state index contributed by atoms with van der Waals surface area (Å²) in [7, 11) is 6.79. The minimum atomic E-state index is -0.664. The number of pyridine rings is 2. The van der Waals surface area contributed by atoms with Crippen molar-refractivity contribution in [1.82, 2.24) is 68.9 Å². The normalized spacial score (nSPS) is 17.8. The third-order valence-corrected chi connectivity index (χ3v) is 17.0. The first-order valence-corrected chi connectivity index (χ1v) is 30.3. The Hall–Kier alpha value is -10.3. The molecule has 4 unspecified atom stereocenters. The Bertz CT molecular complexity index is 4170. The van der Waals surface area contributed by atoms with Crippen LogP contribution in [-0.4, -0.2) is 177 Å². The van der Waals surface area contributed by atoms with Crippen molar-refractivity contribution in [3.63, 3.8) is 0 Å². The maximum atomic E-state index is 13.5. The standard InChI is InChI=1S/C36H41N9O4.C31H33N9O2/c1-35(2,3)49-34(48)44-26-13-14-27(44)20-43(19-26)31(46)22-8-15-29(38-17-22)40-33-39-18-23-16-28(32(47)42(6)7)45(30(23)41-33)25-11-9-24(10-12-25)36(4,5)21-37;1-31(2,18-32)21-6-10-24(11-7-21)40-25(29(42)38(3)4)13-20-15-34-30(37-27(20)40)36-26-12-5-19(14-33-26)28(41)39-16-22-8-9-23(17-39)35-22/h8-12,15-18,26-27H,13-14,19-20H2,1-7H3,(H,38,39,40,41);5-7,10-15,22-23,35H,8-9,16-17H2,1-4H3,(H,33,34,36,37). The number of hydrogen-bond donors (Lipinski definition) is 3. The lowest BCUT2D eigenvalue weighted by Crippen LogP contribution is -2.57. The number of nitriles is 2. The van der Waals surface area contributed by atoms with Gasteiger partial charge in [0.05, 0.1) is 46.2 Å². The Kier molecular flexibility index (Phi) is 16.8. The lowest BCUT2D eigenvalue weighted by atomic mass is 9.86. The van der Waals surface area contributed by atoms with Crippen LogP contribution in [0.1, 0.15) is 127 Å². The van der Waals surface area contributed by atoms with Crippen LogP contribution in [-0.2, 0) is 15.6 Å². The fraction of sp³-hybridized carbons (Fsp3) is 0.388. The lowest BCUT2D eigenvalue weighted by Gasteiger charge is -2.41. The summed E-state index contributed by atoms with van der Waals surface area (Å²) in [6, 6.07) is 30.8. The molecule has 24 nitrogen and oxygen atoms in total. The molecule has 0 spiro atoms. The van der Waals surface area contributed by atoms with E-state index >= 15 is 0 Å². The molecule has 4 aliphatic rings. The largest absolute Gasteiger partial charge is 0.444 e. The summed E-state index contributed by atoms with van der Waals surface area (Å²) in [5.74, 6) is 0.979. The molecule has 91 heavy (non-hydrogen) atoms. The molecule has 6 aromatic heterocycles. The molecule has 12 rings (SSSR count). The number of anilines is 4. The van der Waals surface area contributed by atoms with Gasteiger partial charge in [0.15, 0.2) is 11.3 Å². The molecule has 0 aliphatic carbocycles. The van der Waals surface area contributed by atoms with Gasteiger partial charge < -0.3 is 40.3 Å². The van der Waals surface area contributed by atoms with E-state index < -0.39 is 16.4 Å². The molecule has 3 N–H and O–H groups in total. The van der Waals surface area contributed by atoms with Gasteiger partial charge in [0.2, 0.25) is 11.9 Å². The monoisotopic (exact) mass is 1230 g/mol. The van der Waals surface area contributed by atoms with Gasteiger partial charge in [-0.2, -0.15) is 20.5 Å². The van der Waals surface area contributed by atoms with Crippen LogP contribution in [0.2, 0.25) is 0 Å². The molecule has 4 aliphatic heterocycles. The number of rotatable bonds is 12. The number of amides is 5. The quantitative estimate of drug-likeness (QED) is 0.103. The maximum Gasteiger partial charge on any atom is 0.410 e. The van der Waals surface area contributed by atoms with Crippen molar-refractivity contribution >= 4 is 75.3 Å². The predicted octanol–water partition coefficient (Wildman–Crippen LogP) is 8.92. The van der Waals surface area contributed by atoms with Gasteiger partial charge in [0.25, 0.3) is 23.6 Å². The summed E-state index contributed by atoms with van der Waals surface area (Å²) in [5.41, 5.74) is 4.20. The summed E-state index contributed by atoms with van der Waals surface area (Å²) < 4.78 is 9.19. The van der Waals surface area contributed by atoms with Gasteiger partial charge in [-0.25, -0.2) is 24.7 Å². The second-order valence-electron chi connectivity index (χ2n) is 26.1. The average Bonchev–Trinajstić information content (AvgIpc) is 1.66. The molecular formula is C67H74N18O6. The van der Waals surface area contributed by atoms with E-state index in [0.717, 1.165) is 55.6 Å². The van der Waals surface area contributed by atoms with Crippen molar-refractivity contribution in [1.29, 1.82) is 10.5 Å². The second kappa shape index (κ2) is 24.6. The molecule has 8 aromatic rings. The molecule has 4 fully saturated rings.